The minimum Gasteiger partial charge on any atom is -0.459 e. The van der Waals surface area contributed by atoms with E-state index in [0.717, 1.165) is 50.3 Å². The first-order valence-corrected chi connectivity index (χ1v) is 15.0. The number of aromatic nitrogens is 4. The van der Waals surface area contributed by atoms with Gasteiger partial charge in [0.05, 0.1) is 29.0 Å². The molecule has 0 radical (unpaired) electrons. The Labute approximate surface area is 263 Å². The fourth-order valence-corrected chi connectivity index (χ4v) is 5.97. The van der Waals surface area contributed by atoms with Crippen molar-refractivity contribution in [2.45, 2.75) is 40.0 Å². The number of ether oxygens (including phenoxy) is 1. The zero-order chi connectivity index (χ0) is 31.3. The number of hydrogen-bond donors (Lipinski definition) is 0. The Morgan fingerprint density at radius 2 is 1.56 bits per heavy atom. The second-order valence-electron chi connectivity index (χ2n) is 12.5. The van der Waals surface area contributed by atoms with Crippen LogP contribution in [0.2, 0.25) is 0 Å². The third-order valence-corrected chi connectivity index (χ3v) is 8.18. The number of benzene rings is 4. The zero-order valence-electron chi connectivity index (χ0n) is 26.0. The molecule has 0 spiro atoms. The van der Waals surface area contributed by atoms with Crippen LogP contribution in [0, 0.1) is 20.4 Å². The molecule has 4 aromatic carbocycles. The lowest BCUT2D eigenvalue weighted by atomic mass is 9.88. The van der Waals surface area contributed by atoms with Crippen LogP contribution in [0.25, 0.3) is 49.3 Å². The van der Waals surface area contributed by atoms with Gasteiger partial charge in [-0.2, -0.15) is 5.10 Å². The van der Waals surface area contributed by atoms with Crippen LogP contribution >= 0.6 is 0 Å². The number of fused-ring (bicyclic) bond motifs is 3. The van der Waals surface area contributed by atoms with Crippen molar-refractivity contribution >= 4 is 27.5 Å². The van der Waals surface area contributed by atoms with Gasteiger partial charge in [-0.3, -0.25) is 4.57 Å². The molecular weight excluding hydrogens is 554 g/mol. The van der Waals surface area contributed by atoms with Gasteiger partial charge in [-0.1, -0.05) is 57.2 Å². The van der Waals surface area contributed by atoms with Crippen LogP contribution in [-0.4, -0.2) is 19.3 Å². The highest BCUT2D eigenvalue weighted by Gasteiger charge is 2.19. The van der Waals surface area contributed by atoms with Crippen molar-refractivity contribution in [2.24, 2.45) is 0 Å². The molecule has 0 N–H and O–H groups in total. The molecule has 7 rings (SSSR count). The molecule has 0 atom stereocenters. The maximum absolute atomic E-state index is 7.70. The summed E-state index contributed by atoms with van der Waals surface area (Å²) < 4.78 is 10.5. The van der Waals surface area contributed by atoms with E-state index in [1.165, 1.54) is 11.1 Å². The highest BCUT2D eigenvalue weighted by atomic mass is 16.5. The van der Waals surface area contributed by atoms with E-state index in [1.54, 1.807) is 6.07 Å². The molecule has 7 aromatic rings. The molecule has 45 heavy (non-hydrogen) atoms. The van der Waals surface area contributed by atoms with Crippen LogP contribution in [0.4, 0.5) is 5.69 Å². The van der Waals surface area contributed by atoms with Gasteiger partial charge in [0.15, 0.2) is 5.69 Å². The summed E-state index contributed by atoms with van der Waals surface area (Å²) in [6.07, 6.45) is 1.89. The lowest BCUT2D eigenvalue weighted by molar-refractivity contribution is 0.483. The third-order valence-electron chi connectivity index (χ3n) is 8.18. The SMILES string of the molecule is [C-]#[N+]c1cc(Oc2ccc3c4cc(-c5ccccc5)ccc4n(-c4cc(C(C)(C)C)ccn4)c3c2)cc(-n2nc(C)cc2C)c1. The highest BCUT2D eigenvalue weighted by molar-refractivity contribution is 6.10. The van der Waals surface area contributed by atoms with Gasteiger partial charge >= 0.3 is 0 Å². The van der Waals surface area contributed by atoms with Gasteiger partial charge in [0.2, 0.25) is 0 Å². The molecule has 0 bridgehead atoms. The van der Waals surface area contributed by atoms with Crippen molar-refractivity contribution in [1.29, 1.82) is 0 Å². The van der Waals surface area contributed by atoms with Gasteiger partial charge < -0.3 is 4.74 Å². The smallest absolute Gasteiger partial charge is 0.193 e. The maximum Gasteiger partial charge on any atom is 0.193 e. The monoisotopic (exact) mass is 587 g/mol. The number of hydrogen-bond acceptors (Lipinski definition) is 3. The summed E-state index contributed by atoms with van der Waals surface area (Å²) in [4.78, 5) is 8.55. The molecule has 0 unspecified atom stereocenters. The summed E-state index contributed by atoms with van der Waals surface area (Å²) in [5.41, 5.74) is 8.77. The second-order valence-corrected chi connectivity index (χ2v) is 12.5. The summed E-state index contributed by atoms with van der Waals surface area (Å²) in [5, 5.41) is 6.86. The van der Waals surface area contributed by atoms with Crippen LogP contribution in [-0.2, 0) is 5.41 Å². The van der Waals surface area contributed by atoms with Crippen molar-refractivity contribution in [3.63, 3.8) is 0 Å². The molecule has 0 aliphatic heterocycles. The van der Waals surface area contributed by atoms with Crippen LogP contribution in [0.5, 0.6) is 11.5 Å². The lowest BCUT2D eigenvalue weighted by Crippen LogP contribution is -2.12. The molecule has 0 aliphatic carbocycles. The first kappa shape index (κ1) is 28.1. The summed E-state index contributed by atoms with van der Waals surface area (Å²) in [7, 11) is 0. The molecule has 6 nitrogen and oxygen atoms in total. The Morgan fingerprint density at radius 3 is 2.29 bits per heavy atom. The average molecular weight is 588 g/mol. The van der Waals surface area contributed by atoms with E-state index in [-0.39, 0.29) is 5.41 Å². The largest absolute Gasteiger partial charge is 0.459 e. The minimum absolute atomic E-state index is 0.0255. The fourth-order valence-electron chi connectivity index (χ4n) is 5.97. The zero-order valence-corrected chi connectivity index (χ0v) is 26.0. The van der Waals surface area contributed by atoms with Crippen molar-refractivity contribution in [3.05, 3.63) is 138 Å². The van der Waals surface area contributed by atoms with Crippen LogP contribution in [0.3, 0.4) is 0 Å². The van der Waals surface area contributed by atoms with Gasteiger partial charge in [0, 0.05) is 34.8 Å². The predicted molar refractivity (Wildman–Crippen MR) is 182 cm³/mol. The molecule has 0 aliphatic rings. The molecule has 0 amide bonds. The van der Waals surface area contributed by atoms with Crippen LogP contribution < -0.4 is 4.74 Å². The number of pyridine rings is 1. The summed E-state index contributed by atoms with van der Waals surface area (Å²) in [6, 6.07) is 35.1. The molecule has 220 valence electrons. The van der Waals surface area contributed by atoms with E-state index in [4.69, 9.17) is 16.3 Å². The molecule has 3 heterocycles. The molecule has 0 saturated carbocycles. The lowest BCUT2D eigenvalue weighted by Gasteiger charge is -2.20. The van der Waals surface area contributed by atoms with Crippen molar-refractivity contribution < 1.29 is 4.74 Å². The van der Waals surface area contributed by atoms with Gasteiger partial charge in [-0.25, -0.2) is 14.5 Å². The van der Waals surface area contributed by atoms with E-state index in [2.05, 4.69) is 102 Å². The van der Waals surface area contributed by atoms with Crippen molar-refractivity contribution in [2.75, 3.05) is 0 Å². The molecule has 6 heteroatoms. The van der Waals surface area contributed by atoms with Gasteiger partial charge in [-0.15, -0.1) is 0 Å². The maximum atomic E-state index is 7.70. The predicted octanol–water partition coefficient (Wildman–Crippen LogP) is 10.3. The topological polar surface area (TPSA) is 49.2 Å². The first-order valence-electron chi connectivity index (χ1n) is 15.0. The van der Waals surface area contributed by atoms with Gasteiger partial charge in [0.1, 0.15) is 17.3 Å². The highest BCUT2D eigenvalue weighted by Crippen LogP contribution is 2.38. The van der Waals surface area contributed by atoms with E-state index in [0.29, 0.717) is 17.2 Å². The van der Waals surface area contributed by atoms with Crippen molar-refractivity contribution in [1.82, 2.24) is 19.3 Å². The van der Waals surface area contributed by atoms with Gasteiger partial charge in [0.25, 0.3) is 0 Å². The van der Waals surface area contributed by atoms with E-state index < -0.39 is 0 Å². The fraction of sp³-hybridized carbons (Fsp3) is 0.154. The average Bonchev–Trinajstić information content (AvgIpc) is 3.55. The number of aryl methyl sites for hydroxylation is 2. The molecule has 3 aromatic heterocycles. The third kappa shape index (κ3) is 5.23. The van der Waals surface area contributed by atoms with Gasteiger partial charge in [-0.05, 0) is 90.6 Å². The van der Waals surface area contributed by atoms with E-state index in [1.807, 2.05) is 55.1 Å². The standard InChI is InChI=1S/C39H33N5O/c1-25-18-26(2)44(42-25)31-21-30(40-6)22-33(23-31)45-32-13-14-34-35-19-28(27-10-8-7-9-11-27)12-15-36(35)43(37(34)24-32)38-20-29(16-17-41-38)39(3,4)5/h7-24H,1-5H3. The van der Waals surface area contributed by atoms with E-state index in [9.17, 15) is 0 Å². The van der Waals surface area contributed by atoms with Crippen LogP contribution in [0.1, 0.15) is 37.7 Å². The van der Waals surface area contributed by atoms with Crippen molar-refractivity contribution in [3.8, 4) is 34.1 Å². The number of nitrogens with zero attached hydrogens (tertiary/aromatic N) is 5. The quantitative estimate of drug-likeness (QED) is 0.188. The van der Waals surface area contributed by atoms with Crippen LogP contribution in [0.15, 0.2) is 109 Å². The Hall–Kier alpha value is -5.67. The molecule has 0 fully saturated rings. The Morgan fingerprint density at radius 1 is 0.733 bits per heavy atom. The summed E-state index contributed by atoms with van der Waals surface area (Å²) in [6.45, 7) is 18.3. The normalized spacial score (nSPS) is 11.6. The molecular formula is C39H33N5O. The minimum atomic E-state index is -0.0255. The Kier molecular flexibility index (Phi) is 6.75. The summed E-state index contributed by atoms with van der Waals surface area (Å²) >= 11 is 0. The van der Waals surface area contributed by atoms with E-state index >= 15 is 0 Å². The first-order chi connectivity index (χ1) is 21.7. The Bertz CT molecular complexity index is 2260. The summed E-state index contributed by atoms with van der Waals surface area (Å²) in [5.74, 6) is 2.10. The second kappa shape index (κ2) is 10.8. The molecule has 0 saturated heterocycles. The Balaban J connectivity index is 1.40. The number of rotatable bonds is 5.